The van der Waals surface area contributed by atoms with Crippen LogP contribution in [0.25, 0.3) is 0 Å². The van der Waals surface area contributed by atoms with Crippen LogP contribution in [0.1, 0.15) is 21.5 Å². The minimum Gasteiger partial charge on any atom is -0.497 e. The lowest BCUT2D eigenvalue weighted by molar-refractivity contribution is 0.0990. The number of ether oxygens (including phenoxy) is 2. The van der Waals surface area contributed by atoms with Crippen molar-refractivity contribution in [3.63, 3.8) is 0 Å². The zero-order valence-corrected chi connectivity index (χ0v) is 12.0. The van der Waals surface area contributed by atoms with Gasteiger partial charge in [0.1, 0.15) is 11.5 Å². The van der Waals surface area contributed by atoms with E-state index in [0.29, 0.717) is 17.7 Å². The molecule has 0 fully saturated rings. The first-order valence-corrected chi connectivity index (χ1v) is 6.45. The number of aryl methyl sites for hydroxylation is 1. The molecule has 0 amide bonds. The van der Waals surface area contributed by atoms with Crippen LogP contribution in [-0.4, -0.2) is 20.0 Å². The van der Waals surface area contributed by atoms with Crippen molar-refractivity contribution in [2.45, 2.75) is 13.3 Å². The van der Waals surface area contributed by atoms with Crippen molar-refractivity contribution in [3.8, 4) is 11.5 Å². The summed E-state index contributed by atoms with van der Waals surface area (Å²) >= 11 is 0. The van der Waals surface area contributed by atoms with E-state index < -0.39 is 0 Å². The van der Waals surface area contributed by atoms with Gasteiger partial charge in [-0.2, -0.15) is 0 Å². The molecule has 0 bridgehead atoms. The van der Waals surface area contributed by atoms with Crippen molar-refractivity contribution in [3.05, 3.63) is 59.2 Å². The lowest BCUT2D eigenvalue weighted by atomic mass is 10.0. The summed E-state index contributed by atoms with van der Waals surface area (Å²) in [5.74, 6) is 1.42. The monoisotopic (exact) mass is 270 g/mol. The summed E-state index contributed by atoms with van der Waals surface area (Å²) in [7, 11) is 3.20. The highest BCUT2D eigenvalue weighted by Gasteiger charge is 2.13. The first-order valence-electron chi connectivity index (χ1n) is 6.45. The molecule has 0 aliphatic carbocycles. The summed E-state index contributed by atoms with van der Waals surface area (Å²) in [6.45, 7) is 1.97. The van der Waals surface area contributed by atoms with Crippen molar-refractivity contribution in [2.24, 2.45) is 0 Å². The Labute approximate surface area is 119 Å². The van der Waals surface area contributed by atoms with Gasteiger partial charge in [0.15, 0.2) is 5.78 Å². The van der Waals surface area contributed by atoms with Crippen LogP contribution in [0.15, 0.2) is 42.5 Å². The Morgan fingerprint density at radius 1 is 1.05 bits per heavy atom. The predicted octanol–water partition coefficient (Wildman–Crippen LogP) is 3.44. The van der Waals surface area contributed by atoms with Gasteiger partial charge in [0.25, 0.3) is 0 Å². The molecular formula is C17H18O3. The summed E-state index contributed by atoms with van der Waals surface area (Å²) < 4.78 is 10.5. The average Bonchev–Trinajstić information content (AvgIpc) is 2.47. The van der Waals surface area contributed by atoms with Crippen LogP contribution in [-0.2, 0) is 6.42 Å². The largest absolute Gasteiger partial charge is 0.497 e. The van der Waals surface area contributed by atoms with Crippen LogP contribution in [0.3, 0.4) is 0 Å². The minimum absolute atomic E-state index is 0.0371. The molecule has 0 saturated carbocycles. The lowest BCUT2D eigenvalue weighted by Crippen LogP contribution is -2.06. The summed E-state index contributed by atoms with van der Waals surface area (Å²) in [5, 5.41) is 0. The zero-order valence-electron chi connectivity index (χ0n) is 12.0. The maximum absolute atomic E-state index is 12.4. The van der Waals surface area contributed by atoms with Crippen LogP contribution < -0.4 is 9.47 Å². The molecule has 0 N–H and O–H groups in total. The number of carbonyl (C=O) groups is 1. The second kappa shape index (κ2) is 6.24. The van der Waals surface area contributed by atoms with Gasteiger partial charge in [0.2, 0.25) is 0 Å². The normalized spacial score (nSPS) is 10.2. The molecule has 3 heteroatoms. The molecule has 2 rings (SSSR count). The molecule has 2 aromatic carbocycles. The Hall–Kier alpha value is -2.29. The van der Waals surface area contributed by atoms with E-state index >= 15 is 0 Å². The summed E-state index contributed by atoms with van der Waals surface area (Å²) in [4.78, 5) is 12.4. The molecule has 20 heavy (non-hydrogen) atoms. The van der Waals surface area contributed by atoms with Gasteiger partial charge >= 0.3 is 0 Å². The van der Waals surface area contributed by atoms with E-state index in [0.717, 1.165) is 16.9 Å². The van der Waals surface area contributed by atoms with Crippen molar-refractivity contribution in [2.75, 3.05) is 14.2 Å². The molecular weight excluding hydrogens is 252 g/mol. The van der Waals surface area contributed by atoms with Gasteiger partial charge < -0.3 is 9.47 Å². The van der Waals surface area contributed by atoms with Gasteiger partial charge in [-0.15, -0.1) is 0 Å². The maximum atomic E-state index is 12.4. The summed E-state index contributed by atoms with van der Waals surface area (Å²) in [5.41, 5.74) is 2.61. The highest BCUT2D eigenvalue weighted by Crippen LogP contribution is 2.22. The van der Waals surface area contributed by atoms with Crippen LogP contribution >= 0.6 is 0 Å². The molecule has 0 heterocycles. The maximum Gasteiger partial charge on any atom is 0.170 e. The molecule has 104 valence electrons. The Morgan fingerprint density at radius 2 is 1.85 bits per heavy atom. The quantitative estimate of drug-likeness (QED) is 0.781. The SMILES string of the molecule is COc1cccc(CC(=O)c2ccc(C)cc2OC)c1. The zero-order chi connectivity index (χ0) is 14.5. The fourth-order valence-electron chi connectivity index (χ4n) is 2.09. The third-order valence-electron chi connectivity index (χ3n) is 3.16. The van der Waals surface area contributed by atoms with Crippen molar-refractivity contribution in [1.82, 2.24) is 0 Å². The van der Waals surface area contributed by atoms with Crippen LogP contribution in [0, 0.1) is 6.92 Å². The van der Waals surface area contributed by atoms with E-state index in [2.05, 4.69) is 0 Å². The van der Waals surface area contributed by atoms with E-state index in [9.17, 15) is 4.79 Å². The second-order valence-corrected chi connectivity index (χ2v) is 4.66. The molecule has 0 aliphatic heterocycles. The highest BCUT2D eigenvalue weighted by molar-refractivity contribution is 6.00. The number of hydrogen-bond donors (Lipinski definition) is 0. The van der Waals surface area contributed by atoms with Crippen LogP contribution in [0.4, 0.5) is 0 Å². The van der Waals surface area contributed by atoms with E-state index in [1.54, 1.807) is 14.2 Å². The van der Waals surface area contributed by atoms with Gasteiger partial charge in [-0.3, -0.25) is 4.79 Å². The third-order valence-corrected chi connectivity index (χ3v) is 3.16. The van der Waals surface area contributed by atoms with Gasteiger partial charge in [-0.25, -0.2) is 0 Å². The molecule has 0 atom stereocenters. The fourth-order valence-corrected chi connectivity index (χ4v) is 2.09. The van der Waals surface area contributed by atoms with E-state index in [-0.39, 0.29) is 5.78 Å². The molecule has 0 spiro atoms. The topological polar surface area (TPSA) is 35.5 Å². The number of carbonyl (C=O) groups excluding carboxylic acids is 1. The average molecular weight is 270 g/mol. The smallest absolute Gasteiger partial charge is 0.170 e. The Morgan fingerprint density at radius 3 is 2.55 bits per heavy atom. The number of Topliss-reactive ketones (excluding diaryl/α,β-unsaturated/α-hetero) is 1. The number of benzene rings is 2. The number of ketones is 1. The molecule has 0 saturated heterocycles. The van der Waals surface area contributed by atoms with Gasteiger partial charge in [0, 0.05) is 6.42 Å². The minimum atomic E-state index is 0.0371. The summed E-state index contributed by atoms with van der Waals surface area (Å²) in [6.07, 6.45) is 0.330. The van der Waals surface area contributed by atoms with E-state index in [4.69, 9.17) is 9.47 Å². The molecule has 0 aliphatic rings. The number of rotatable bonds is 5. The first-order chi connectivity index (χ1) is 9.63. The van der Waals surface area contributed by atoms with Gasteiger partial charge in [-0.1, -0.05) is 18.2 Å². The Kier molecular flexibility index (Phi) is 4.41. The van der Waals surface area contributed by atoms with Crippen molar-refractivity contribution >= 4 is 5.78 Å². The fraction of sp³-hybridized carbons (Fsp3) is 0.235. The van der Waals surface area contributed by atoms with Gasteiger partial charge in [-0.05, 0) is 42.3 Å². The molecule has 0 radical (unpaired) electrons. The van der Waals surface area contributed by atoms with Crippen molar-refractivity contribution < 1.29 is 14.3 Å². The Balaban J connectivity index is 2.23. The van der Waals surface area contributed by atoms with Crippen molar-refractivity contribution in [1.29, 1.82) is 0 Å². The molecule has 0 unspecified atom stereocenters. The lowest BCUT2D eigenvalue weighted by Gasteiger charge is -2.09. The summed E-state index contributed by atoms with van der Waals surface area (Å²) in [6, 6.07) is 13.1. The van der Waals surface area contributed by atoms with E-state index in [1.165, 1.54) is 0 Å². The molecule has 3 nitrogen and oxygen atoms in total. The molecule has 0 aromatic heterocycles. The molecule has 2 aromatic rings. The van der Waals surface area contributed by atoms with E-state index in [1.807, 2.05) is 49.4 Å². The third kappa shape index (κ3) is 3.18. The number of hydrogen-bond acceptors (Lipinski definition) is 3. The van der Waals surface area contributed by atoms with Crippen LogP contribution in [0.5, 0.6) is 11.5 Å². The number of methoxy groups -OCH3 is 2. The first kappa shape index (κ1) is 14.1. The highest BCUT2D eigenvalue weighted by atomic mass is 16.5. The Bertz CT molecular complexity index is 617. The standard InChI is InChI=1S/C17H18O3/c1-12-7-8-15(17(9-12)20-3)16(18)11-13-5-4-6-14(10-13)19-2/h4-10H,11H2,1-3H3. The van der Waals surface area contributed by atoms with Crippen LogP contribution in [0.2, 0.25) is 0 Å². The second-order valence-electron chi connectivity index (χ2n) is 4.66. The van der Waals surface area contributed by atoms with Gasteiger partial charge in [0.05, 0.1) is 19.8 Å². The predicted molar refractivity (Wildman–Crippen MR) is 78.8 cm³/mol.